The molecule has 5 nitrogen and oxygen atoms in total. The first-order valence-electron chi connectivity index (χ1n) is 6.41. The molecule has 0 radical (unpaired) electrons. The quantitative estimate of drug-likeness (QED) is 0.773. The number of carbonyl (C=O) groups is 1. The smallest absolute Gasteiger partial charge is 0.337 e. The van der Waals surface area contributed by atoms with Gasteiger partial charge in [-0.25, -0.2) is 4.79 Å². The van der Waals surface area contributed by atoms with Gasteiger partial charge in [-0.2, -0.15) is 0 Å². The number of nitrogens with zero attached hydrogens (tertiary/aromatic N) is 1. The van der Waals surface area contributed by atoms with Gasteiger partial charge in [-0.05, 0) is 24.3 Å². The van der Waals surface area contributed by atoms with Crippen LogP contribution in [0, 0.1) is 0 Å². The standard InChI is InChI=1S/C14H19NO4.ClH/c1-17-14(16)12-2-4-13(5-3-12)19-11-8-15-6-9-18-10-7-15;/h2-5H,6-11H2,1H3;1H. The van der Waals surface area contributed by atoms with Crippen LogP contribution in [0.4, 0.5) is 0 Å². The highest BCUT2D eigenvalue weighted by Crippen LogP contribution is 2.12. The Morgan fingerprint density at radius 1 is 1.25 bits per heavy atom. The van der Waals surface area contributed by atoms with E-state index >= 15 is 0 Å². The molecule has 1 fully saturated rings. The maximum atomic E-state index is 11.3. The molecular formula is C14H20ClNO4. The van der Waals surface area contributed by atoms with E-state index in [0.717, 1.165) is 38.6 Å². The zero-order valence-electron chi connectivity index (χ0n) is 11.5. The van der Waals surface area contributed by atoms with Crippen LogP contribution in [0.2, 0.25) is 0 Å². The van der Waals surface area contributed by atoms with Crippen molar-refractivity contribution in [2.75, 3.05) is 46.6 Å². The molecule has 0 N–H and O–H groups in total. The summed E-state index contributed by atoms with van der Waals surface area (Å²) < 4.78 is 15.6. The third-order valence-electron chi connectivity index (χ3n) is 3.06. The summed E-state index contributed by atoms with van der Waals surface area (Å²) in [7, 11) is 1.37. The topological polar surface area (TPSA) is 48.0 Å². The molecule has 0 atom stereocenters. The average molecular weight is 302 g/mol. The van der Waals surface area contributed by atoms with Crippen LogP contribution < -0.4 is 4.74 Å². The van der Waals surface area contributed by atoms with Gasteiger partial charge in [-0.1, -0.05) is 0 Å². The van der Waals surface area contributed by atoms with Gasteiger partial charge in [0, 0.05) is 19.6 Å². The molecule has 1 aromatic carbocycles. The van der Waals surface area contributed by atoms with Crippen LogP contribution in [0.1, 0.15) is 10.4 Å². The fourth-order valence-electron chi connectivity index (χ4n) is 1.92. The Morgan fingerprint density at radius 2 is 1.90 bits per heavy atom. The van der Waals surface area contributed by atoms with E-state index in [9.17, 15) is 4.79 Å². The SMILES string of the molecule is COC(=O)c1ccc(OCCN2CCOCC2)cc1.Cl. The molecule has 1 aliphatic rings. The van der Waals surface area contributed by atoms with Gasteiger partial charge < -0.3 is 14.2 Å². The second-order valence-electron chi connectivity index (χ2n) is 4.32. The summed E-state index contributed by atoms with van der Waals surface area (Å²) in [5.74, 6) is 0.431. The molecule has 1 saturated heterocycles. The molecule has 0 unspecified atom stereocenters. The Balaban J connectivity index is 0.00000200. The molecule has 0 spiro atoms. The molecule has 6 heteroatoms. The van der Waals surface area contributed by atoms with E-state index in [2.05, 4.69) is 9.64 Å². The number of rotatable bonds is 5. The molecule has 0 bridgehead atoms. The lowest BCUT2D eigenvalue weighted by Gasteiger charge is -2.26. The summed E-state index contributed by atoms with van der Waals surface area (Å²) in [5, 5.41) is 0. The van der Waals surface area contributed by atoms with Gasteiger partial charge in [0.1, 0.15) is 12.4 Å². The van der Waals surface area contributed by atoms with Crippen molar-refractivity contribution in [1.82, 2.24) is 4.90 Å². The molecule has 2 rings (SSSR count). The second kappa shape index (κ2) is 8.79. The Hall–Kier alpha value is -1.30. The summed E-state index contributed by atoms with van der Waals surface area (Å²) >= 11 is 0. The highest BCUT2D eigenvalue weighted by Gasteiger charge is 2.10. The molecule has 0 saturated carbocycles. The Labute approximate surface area is 125 Å². The largest absolute Gasteiger partial charge is 0.492 e. The highest BCUT2D eigenvalue weighted by molar-refractivity contribution is 5.89. The van der Waals surface area contributed by atoms with E-state index in [-0.39, 0.29) is 18.4 Å². The minimum atomic E-state index is -0.333. The van der Waals surface area contributed by atoms with E-state index in [1.54, 1.807) is 24.3 Å². The Bertz CT molecular complexity index is 404. The minimum absolute atomic E-state index is 0. The zero-order valence-corrected chi connectivity index (χ0v) is 12.4. The number of morpholine rings is 1. The van der Waals surface area contributed by atoms with Gasteiger partial charge in [0.05, 0.1) is 25.9 Å². The van der Waals surface area contributed by atoms with Gasteiger partial charge in [-0.3, -0.25) is 4.90 Å². The number of halogens is 1. The van der Waals surface area contributed by atoms with Crippen molar-refractivity contribution in [2.45, 2.75) is 0 Å². The average Bonchev–Trinajstić information content (AvgIpc) is 2.48. The third-order valence-corrected chi connectivity index (χ3v) is 3.06. The van der Waals surface area contributed by atoms with Gasteiger partial charge in [0.2, 0.25) is 0 Å². The number of methoxy groups -OCH3 is 1. The first kappa shape index (κ1) is 16.8. The first-order chi connectivity index (χ1) is 9.29. The van der Waals surface area contributed by atoms with Crippen molar-refractivity contribution in [3.63, 3.8) is 0 Å². The number of ether oxygens (including phenoxy) is 3. The van der Waals surface area contributed by atoms with Crippen molar-refractivity contribution >= 4 is 18.4 Å². The lowest BCUT2D eigenvalue weighted by atomic mass is 10.2. The number of benzene rings is 1. The van der Waals surface area contributed by atoms with Gasteiger partial charge in [0.15, 0.2) is 0 Å². The maximum absolute atomic E-state index is 11.3. The first-order valence-corrected chi connectivity index (χ1v) is 6.41. The molecule has 0 amide bonds. The molecular weight excluding hydrogens is 282 g/mol. The third kappa shape index (κ3) is 5.00. The van der Waals surface area contributed by atoms with E-state index < -0.39 is 0 Å². The number of carbonyl (C=O) groups excluding carboxylic acids is 1. The van der Waals surface area contributed by atoms with Crippen LogP contribution in [0.25, 0.3) is 0 Å². The van der Waals surface area contributed by atoms with Crippen LogP contribution in [0.3, 0.4) is 0 Å². The van der Waals surface area contributed by atoms with Gasteiger partial charge in [0.25, 0.3) is 0 Å². The number of esters is 1. The maximum Gasteiger partial charge on any atom is 0.337 e. The Morgan fingerprint density at radius 3 is 2.50 bits per heavy atom. The fourth-order valence-corrected chi connectivity index (χ4v) is 1.92. The number of hydrogen-bond donors (Lipinski definition) is 0. The number of hydrogen-bond acceptors (Lipinski definition) is 5. The fraction of sp³-hybridized carbons (Fsp3) is 0.500. The van der Waals surface area contributed by atoms with Crippen LogP contribution in [0.15, 0.2) is 24.3 Å². The second-order valence-corrected chi connectivity index (χ2v) is 4.32. The van der Waals surface area contributed by atoms with Crippen molar-refractivity contribution in [3.05, 3.63) is 29.8 Å². The normalized spacial score (nSPS) is 15.2. The van der Waals surface area contributed by atoms with Crippen LogP contribution in [-0.4, -0.2) is 57.4 Å². The van der Waals surface area contributed by atoms with Gasteiger partial charge in [-0.15, -0.1) is 12.4 Å². The van der Waals surface area contributed by atoms with Crippen molar-refractivity contribution in [3.8, 4) is 5.75 Å². The summed E-state index contributed by atoms with van der Waals surface area (Å²) in [6.45, 7) is 5.05. The van der Waals surface area contributed by atoms with Crippen molar-refractivity contribution in [2.24, 2.45) is 0 Å². The predicted molar refractivity (Wildman–Crippen MR) is 77.8 cm³/mol. The monoisotopic (exact) mass is 301 g/mol. The molecule has 1 aromatic rings. The predicted octanol–water partition coefficient (Wildman–Crippen LogP) is 1.61. The minimum Gasteiger partial charge on any atom is -0.492 e. The van der Waals surface area contributed by atoms with Crippen LogP contribution >= 0.6 is 12.4 Å². The van der Waals surface area contributed by atoms with Crippen LogP contribution in [-0.2, 0) is 9.47 Å². The van der Waals surface area contributed by atoms with Crippen molar-refractivity contribution < 1.29 is 19.0 Å². The van der Waals surface area contributed by atoms with E-state index in [4.69, 9.17) is 9.47 Å². The molecule has 112 valence electrons. The zero-order chi connectivity index (χ0) is 13.5. The summed E-state index contributed by atoms with van der Waals surface area (Å²) in [6.07, 6.45) is 0. The lowest BCUT2D eigenvalue weighted by molar-refractivity contribution is 0.0322. The summed E-state index contributed by atoms with van der Waals surface area (Å²) in [5.41, 5.74) is 0.531. The Kier molecular flexibility index (Phi) is 7.36. The summed E-state index contributed by atoms with van der Waals surface area (Å²) in [6, 6.07) is 6.98. The molecule has 1 heterocycles. The molecule has 0 aliphatic carbocycles. The van der Waals surface area contributed by atoms with Crippen molar-refractivity contribution in [1.29, 1.82) is 0 Å². The van der Waals surface area contributed by atoms with Gasteiger partial charge >= 0.3 is 5.97 Å². The van der Waals surface area contributed by atoms with E-state index in [1.165, 1.54) is 7.11 Å². The van der Waals surface area contributed by atoms with E-state index in [1.807, 2.05) is 0 Å². The molecule has 0 aromatic heterocycles. The van der Waals surface area contributed by atoms with E-state index in [0.29, 0.717) is 12.2 Å². The summed E-state index contributed by atoms with van der Waals surface area (Å²) in [4.78, 5) is 13.6. The molecule has 1 aliphatic heterocycles. The molecule has 20 heavy (non-hydrogen) atoms. The lowest BCUT2D eigenvalue weighted by Crippen LogP contribution is -2.38. The van der Waals surface area contributed by atoms with Crippen LogP contribution in [0.5, 0.6) is 5.75 Å². The highest BCUT2D eigenvalue weighted by atomic mass is 35.5.